The highest BCUT2D eigenvalue weighted by Crippen LogP contribution is 2.36. The molecule has 0 radical (unpaired) electrons. The molecule has 31 heavy (non-hydrogen) atoms. The Bertz CT molecular complexity index is 1500. The van der Waals surface area contributed by atoms with Crippen LogP contribution >= 0.6 is 11.6 Å². The van der Waals surface area contributed by atoms with E-state index in [1.54, 1.807) is 33.6 Å². The maximum absolute atomic E-state index is 13.5. The van der Waals surface area contributed by atoms with Crippen LogP contribution in [-0.4, -0.2) is 40.3 Å². The van der Waals surface area contributed by atoms with E-state index in [0.29, 0.717) is 40.2 Å². The minimum Gasteiger partial charge on any atom is -0.368 e. The Hall–Kier alpha value is -3.92. The number of nitrogens with two attached hydrogens (primary N) is 1. The van der Waals surface area contributed by atoms with E-state index in [0.717, 1.165) is 6.42 Å². The zero-order chi connectivity index (χ0) is 21.1. The molecule has 10 nitrogen and oxygen atoms in total. The first kappa shape index (κ1) is 17.9. The largest absolute Gasteiger partial charge is 0.368 e. The van der Waals surface area contributed by atoms with Crippen molar-refractivity contribution in [2.45, 2.75) is 12.5 Å². The van der Waals surface area contributed by atoms with E-state index in [2.05, 4.69) is 15.1 Å². The molecule has 4 aromatic heterocycles. The summed E-state index contributed by atoms with van der Waals surface area (Å²) in [6, 6.07) is 12.6. The first-order chi connectivity index (χ1) is 15.1. The molecule has 0 amide bonds. The third-order valence-corrected chi connectivity index (χ3v) is 5.81. The molecule has 0 aliphatic carbocycles. The molecule has 2 N–H and O–H groups in total. The summed E-state index contributed by atoms with van der Waals surface area (Å²) in [4.78, 5) is 24.1. The van der Waals surface area contributed by atoms with Crippen molar-refractivity contribution in [1.82, 2.24) is 33.8 Å². The standard InChI is InChI=1S/C20H16ClN9O/c21-13-7-11-28-16(13)18(31)29(12-4-2-1-3-5-12)17(26-28)14-8-10-27(14)20-25-19(22)24-15-6-9-23-30(15)20/h1-7,9,11,14H,8,10H2,(H2,22,24). The van der Waals surface area contributed by atoms with Crippen LogP contribution in [0.4, 0.5) is 11.9 Å². The van der Waals surface area contributed by atoms with Crippen molar-refractivity contribution in [3.8, 4) is 5.69 Å². The number of benzene rings is 1. The predicted octanol–water partition coefficient (Wildman–Crippen LogP) is 2.11. The van der Waals surface area contributed by atoms with Crippen molar-refractivity contribution in [2.75, 3.05) is 17.2 Å². The molecule has 1 atom stereocenters. The van der Waals surface area contributed by atoms with Crippen molar-refractivity contribution in [1.29, 1.82) is 0 Å². The second-order valence-corrected chi connectivity index (χ2v) is 7.68. The van der Waals surface area contributed by atoms with Gasteiger partial charge in [0.15, 0.2) is 11.5 Å². The van der Waals surface area contributed by atoms with Gasteiger partial charge >= 0.3 is 0 Å². The third-order valence-electron chi connectivity index (χ3n) is 5.51. The monoisotopic (exact) mass is 433 g/mol. The van der Waals surface area contributed by atoms with E-state index < -0.39 is 0 Å². The number of hydrogen-bond acceptors (Lipinski definition) is 7. The number of halogens is 1. The van der Waals surface area contributed by atoms with Crippen LogP contribution in [0.5, 0.6) is 0 Å². The Morgan fingerprint density at radius 2 is 1.94 bits per heavy atom. The number of para-hydroxylation sites is 1. The van der Waals surface area contributed by atoms with Crippen molar-refractivity contribution in [3.05, 3.63) is 76.1 Å². The van der Waals surface area contributed by atoms with Crippen molar-refractivity contribution >= 4 is 34.7 Å². The first-order valence-electron chi connectivity index (χ1n) is 9.71. The van der Waals surface area contributed by atoms with Gasteiger partial charge in [0.2, 0.25) is 11.9 Å². The summed E-state index contributed by atoms with van der Waals surface area (Å²) in [5, 5.41) is 9.46. The quantitative estimate of drug-likeness (QED) is 0.463. The Kier molecular flexibility index (Phi) is 3.78. The lowest BCUT2D eigenvalue weighted by Crippen LogP contribution is -2.46. The zero-order valence-corrected chi connectivity index (χ0v) is 16.9. The molecule has 1 aliphatic heterocycles. The fourth-order valence-corrected chi connectivity index (χ4v) is 4.22. The average molecular weight is 434 g/mol. The molecule has 11 heteroatoms. The highest BCUT2D eigenvalue weighted by atomic mass is 35.5. The second kappa shape index (κ2) is 6.54. The molecule has 0 bridgehead atoms. The highest BCUT2D eigenvalue weighted by Gasteiger charge is 2.37. The number of rotatable bonds is 3. The van der Waals surface area contributed by atoms with Crippen LogP contribution in [0, 0.1) is 0 Å². The summed E-state index contributed by atoms with van der Waals surface area (Å²) < 4.78 is 4.79. The summed E-state index contributed by atoms with van der Waals surface area (Å²) in [6.45, 7) is 0.714. The minimum atomic E-state index is -0.232. The summed E-state index contributed by atoms with van der Waals surface area (Å²) in [7, 11) is 0. The predicted molar refractivity (Wildman–Crippen MR) is 116 cm³/mol. The maximum atomic E-state index is 13.5. The minimum absolute atomic E-state index is 0.162. The third kappa shape index (κ3) is 2.61. The van der Waals surface area contributed by atoms with Gasteiger partial charge in [-0.3, -0.25) is 9.36 Å². The van der Waals surface area contributed by atoms with Crippen LogP contribution in [0.25, 0.3) is 16.9 Å². The van der Waals surface area contributed by atoms with Gasteiger partial charge in [-0.2, -0.15) is 24.7 Å². The number of nitrogen functional groups attached to an aromatic ring is 1. The van der Waals surface area contributed by atoms with E-state index in [4.69, 9.17) is 22.4 Å². The maximum Gasteiger partial charge on any atom is 0.284 e. The van der Waals surface area contributed by atoms with Gasteiger partial charge in [0.1, 0.15) is 5.52 Å². The first-order valence-corrected chi connectivity index (χ1v) is 10.1. The fourth-order valence-electron chi connectivity index (χ4n) is 4.00. The van der Waals surface area contributed by atoms with E-state index in [-0.39, 0.29) is 17.5 Å². The second-order valence-electron chi connectivity index (χ2n) is 7.27. The van der Waals surface area contributed by atoms with Crippen LogP contribution in [0.1, 0.15) is 18.3 Å². The molecular weight excluding hydrogens is 418 g/mol. The Labute approximate surface area is 180 Å². The number of fused-ring (bicyclic) bond motifs is 2. The van der Waals surface area contributed by atoms with Gasteiger partial charge in [-0.15, -0.1) is 0 Å². The normalized spacial score (nSPS) is 16.2. The van der Waals surface area contributed by atoms with Crippen molar-refractivity contribution in [2.24, 2.45) is 0 Å². The molecule has 1 fully saturated rings. The number of hydrogen-bond donors (Lipinski definition) is 1. The molecule has 154 valence electrons. The Morgan fingerprint density at radius 3 is 2.71 bits per heavy atom. The summed E-state index contributed by atoms with van der Waals surface area (Å²) in [5.41, 5.74) is 7.35. The van der Waals surface area contributed by atoms with Crippen LogP contribution in [0.2, 0.25) is 5.02 Å². The van der Waals surface area contributed by atoms with Gasteiger partial charge < -0.3 is 10.6 Å². The van der Waals surface area contributed by atoms with Crippen molar-refractivity contribution < 1.29 is 0 Å². The summed E-state index contributed by atoms with van der Waals surface area (Å²) >= 11 is 6.28. The molecule has 1 unspecified atom stereocenters. The van der Waals surface area contributed by atoms with Crippen LogP contribution in [0.3, 0.4) is 0 Å². The van der Waals surface area contributed by atoms with Crippen LogP contribution in [-0.2, 0) is 0 Å². The van der Waals surface area contributed by atoms with Crippen LogP contribution < -0.4 is 16.2 Å². The SMILES string of the molecule is Nc1nc(N2CCC2c2nn3ccc(Cl)c3c(=O)n2-c2ccccc2)n2nccc2n1. The van der Waals surface area contributed by atoms with Gasteiger partial charge in [0.05, 0.1) is 22.9 Å². The molecular formula is C20H16ClN9O. The lowest BCUT2D eigenvalue weighted by atomic mass is 10.0. The fraction of sp³-hybridized carbons (Fsp3) is 0.150. The topological polar surface area (TPSA) is 112 Å². The average Bonchev–Trinajstić information content (AvgIpc) is 3.35. The van der Waals surface area contributed by atoms with Crippen molar-refractivity contribution in [3.63, 3.8) is 0 Å². The van der Waals surface area contributed by atoms with E-state index in [1.807, 2.05) is 35.2 Å². The van der Waals surface area contributed by atoms with E-state index >= 15 is 0 Å². The number of anilines is 2. The Balaban J connectivity index is 1.58. The lowest BCUT2D eigenvalue weighted by Gasteiger charge is -2.41. The molecule has 5 aromatic rings. The summed E-state index contributed by atoms with van der Waals surface area (Å²) in [6.07, 6.45) is 4.12. The lowest BCUT2D eigenvalue weighted by molar-refractivity contribution is 0.415. The Morgan fingerprint density at radius 1 is 1.10 bits per heavy atom. The van der Waals surface area contributed by atoms with Crippen LogP contribution in [0.15, 0.2) is 59.7 Å². The molecule has 0 spiro atoms. The van der Waals surface area contributed by atoms with Gasteiger partial charge in [-0.05, 0) is 24.6 Å². The molecule has 1 aromatic carbocycles. The molecule has 1 aliphatic rings. The molecule has 6 rings (SSSR count). The van der Waals surface area contributed by atoms with E-state index in [1.165, 1.54) is 4.52 Å². The number of aromatic nitrogens is 7. The smallest absolute Gasteiger partial charge is 0.284 e. The summed E-state index contributed by atoms with van der Waals surface area (Å²) in [5.74, 6) is 1.30. The van der Waals surface area contributed by atoms with Gasteiger partial charge in [-0.1, -0.05) is 29.8 Å². The molecule has 5 heterocycles. The number of nitrogens with zero attached hydrogens (tertiary/aromatic N) is 8. The van der Waals surface area contributed by atoms with Gasteiger partial charge in [0, 0.05) is 18.8 Å². The highest BCUT2D eigenvalue weighted by molar-refractivity contribution is 6.33. The van der Waals surface area contributed by atoms with E-state index in [9.17, 15) is 4.79 Å². The molecule has 1 saturated heterocycles. The molecule has 0 saturated carbocycles. The van der Waals surface area contributed by atoms with Gasteiger partial charge in [-0.25, -0.2) is 4.52 Å². The van der Waals surface area contributed by atoms with Gasteiger partial charge in [0.25, 0.3) is 5.56 Å². The zero-order valence-electron chi connectivity index (χ0n) is 16.1.